The smallest absolute Gasteiger partial charge is 0.319 e. The molecule has 0 amide bonds. The van der Waals surface area contributed by atoms with E-state index in [1.165, 1.54) is 24.4 Å². The van der Waals surface area contributed by atoms with Gasteiger partial charge in [0.25, 0.3) is 0 Å². The molecule has 0 saturated carbocycles. The maximum atomic E-state index is 16.3. The maximum absolute atomic E-state index is 16.3. The first-order valence-electron chi connectivity index (χ1n) is 13.4. The van der Waals surface area contributed by atoms with Crippen LogP contribution in [-0.2, 0) is 0 Å². The van der Waals surface area contributed by atoms with Gasteiger partial charge in [-0.3, -0.25) is 14.7 Å². The number of anilines is 1. The Morgan fingerprint density at radius 3 is 2.67 bits per heavy atom. The van der Waals surface area contributed by atoms with Crippen molar-refractivity contribution >= 4 is 27.5 Å². The van der Waals surface area contributed by atoms with Gasteiger partial charge in [0.2, 0.25) is 5.56 Å². The van der Waals surface area contributed by atoms with Gasteiger partial charge in [0.1, 0.15) is 29.5 Å². The van der Waals surface area contributed by atoms with E-state index < -0.39 is 17.2 Å². The van der Waals surface area contributed by atoms with Gasteiger partial charge >= 0.3 is 6.01 Å². The van der Waals surface area contributed by atoms with Gasteiger partial charge in [0.15, 0.2) is 5.82 Å². The first-order chi connectivity index (χ1) is 18.9. The molecule has 202 valence electrons. The molecule has 3 saturated heterocycles. The largest absolute Gasteiger partial charge is 0.462 e. The van der Waals surface area contributed by atoms with E-state index in [9.17, 15) is 9.18 Å². The fourth-order valence-electron chi connectivity index (χ4n) is 6.40. The summed E-state index contributed by atoms with van der Waals surface area (Å²) in [7, 11) is 2.04. The number of ether oxygens (including phenoxy) is 1. The summed E-state index contributed by atoms with van der Waals surface area (Å²) < 4.78 is 37.3. The van der Waals surface area contributed by atoms with E-state index in [0.717, 1.165) is 32.5 Å². The first-order valence-corrected chi connectivity index (χ1v) is 13.4. The molecule has 2 N–H and O–H groups in total. The highest BCUT2D eigenvalue weighted by Crippen LogP contribution is 2.36. The average Bonchev–Trinajstić information content (AvgIpc) is 3.25. The van der Waals surface area contributed by atoms with Crippen LogP contribution in [0.15, 0.2) is 35.3 Å². The zero-order valence-corrected chi connectivity index (χ0v) is 21.7. The number of benzene rings is 1. The third kappa shape index (κ3) is 4.11. The quantitative estimate of drug-likeness (QED) is 0.404. The Bertz CT molecular complexity index is 1640. The van der Waals surface area contributed by atoms with Gasteiger partial charge in [-0.15, -0.1) is 0 Å². The number of hydrogen-bond acceptors (Lipinski definition) is 8. The molecule has 3 fully saturated rings. The van der Waals surface area contributed by atoms with Gasteiger partial charge in [-0.1, -0.05) is 19.1 Å². The highest BCUT2D eigenvalue weighted by molar-refractivity contribution is 5.97. The number of fused-ring (bicyclic) bond motifs is 4. The monoisotopic (exact) mass is 533 g/mol. The molecule has 4 atom stereocenters. The van der Waals surface area contributed by atoms with Crippen molar-refractivity contribution in [3.05, 3.63) is 52.5 Å². The Kier molecular flexibility index (Phi) is 5.74. The topological polar surface area (TPSA) is 99.3 Å². The van der Waals surface area contributed by atoms with Crippen LogP contribution in [0.2, 0.25) is 0 Å². The van der Waals surface area contributed by atoms with Crippen LogP contribution in [0.3, 0.4) is 0 Å². The lowest BCUT2D eigenvalue weighted by Gasteiger charge is -2.43. The van der Waals surface area contributed by atoms with Crippen molar-refractivity contribution in [3.63, 3.8) is 0 Å². The summed E-state index contributed by atoms with van der Waals surface area (Å²) in [6, 6.07) is 6.66. The van der Waals surface area contributed by atoms with E-state index in [1.54, 1.807) is 6.07 Å². The molecule has 4 aromatic rings. The molecule has 0 spiro atoms. The number of aromatic amines is 1. The SMILES string of the molecule is C[C@@H]1CN(C)[C@@H]1COc1nc(N2CC3CCC(C2)N3)c2cnc(-c3[nH]c(=O)cc4cccc(F)c34)c(F)c2n1. The third-order valence-electron chi connectivity index (χ3n) is 8.41. The lowest BCUT2D eigenvalue weighted by molar-refractivity contribution is 0.0159. The van der Waals surface area contributed by atoms with Gasteiger partial charge in [-0.2, -0.15) is 9.97 Å². The van der Waals surface area contributed by atoms with Crippen LogP contribution >= 0.6 is 0 Å². The van der Waals surface area contributed by atoms with Crippen LogP contribution in [0, 0.1) is 17.6 Å². The second kappa shape index (κ2) is 9.20. The fourth-order valence-corrected chi connectivity index (χ4v) is 6.40. The number of nitrogens with zero attached hydrogens (tertiary/aromatic N) is 5. The number of pyridine rings is 2. The first kappa shape index (κ1) is 24.3. The number of hydrogen-bond donors (Lipinski definition) is 2. The van der Waals surface area contributed by atoms with Gasteiger partial charge in [-0.05, 0) is 37.3 Å². The average molecular weight is 534 g/mol. The minimum absolute atomic E-state index is 0.0232. The number of H-pyrrole nitrogens is 1. The van der Waals surface area contributed by atoms with E-state index in [2.05, 4.69) is 37.0 Å². The van der Waals surface area contributed by atoms with E-state index >= 15 is 4.39 Å². The molecule has 3 aliphatic rings. The molecule has 7 rings (SSSR count). The Morgan fingerprint density at radius 1 is 1.13 bits per heavy atom. The van der Waals surface area contributed by atoms with Crippen molar-refractivity contribution in [1.29, 1.82) is 0 Å². The van der Waals surface area contributed by atoms with Crippen molar-refractivity contribution < 1.29 is 13.5 Å². The van der Waals surface area contributed by atoms with Gasteiger partial charge in [0, 0.05) is 55.4 Å². The molecule has 0 aliphatic carbocycles. The van der Waals surface area contributed by atoms with Gasteiger partial charge in [0.05, 0.1) is 11.1 Å². The summed E-state index contributed by atoms with van der Waals surface area (Å²) in [6.07, 6.45) is 3.67. The molecule has 0 radical (unpaired) electrons. The van der Waals surface area contributed by atoms with Crippen molar-refractivity contribution in [2.75, 3.05) is 38.2 Å². The molecule has 6 heterocycles. The Labute approximate surface area is 223 Å². The normalized spacial score (nSPS) is 24.9. The molecule has 3 aliphatic heterocycles. The van der Waals surface area contributed by atoms with E-state index in [4.69, 9.17) is 9.72 Å². The van der Waals surface area contributed by atoms with Crippen LogP contribution in [0.4, 0.5) is 14.6 Å². The second-order valence-corrected chi connectivity index (χ2v) is 11.1. The third-order valence-corrected chi connectivity index (χ3v) is 8.41. The Hall–Kier alpha value is -3.70. The second-order valence-electron chi connectivity index (χ2n) is 11.1. The summed E-state index contributed by atoms with van der Waals surface area (Å²) >= 11 is 0. The van der Waals surface area contributed by atoms with E-state index in [1.807, 2.05) is 7.05 Å². The number of piperazine rings is 1. The van der Waals surface area contributed by atoms with Gasteiger partial charge < -0.3 is 19.9 Å². The Balaban J connectivity index is 1.38. The fraction of sp³-hybridized carbons (Fsp3) is 0.429. The maximum Gasteiger partial charge on any atom is 0.319 e. The van der Waals surface area contributed by atoms with Crippen molar-refractivity contribution in [2.24, 2.45) is 5.92 Å². The summed E-state index contributed by atoms with van der Waals surface area (Å²) in [5.41, 5.74) is -0.664. The molecule has 39 heavy (non-hydrogen) atoms. The minimum atomic E-state index is -0.764. The summed E-state index contributed by atoms with van der Waals surface area (Å²) in [5.74, 6) is -0.301. The van der Waals surface area contributed by atoms with Crippen LogP contribution in [0.25, 0.3) is 33.1 Å². The van der Waals surface area contributed by atoms with Crippen LogP contribution in [-0.4, -0.2) is 76.3 Å². The molecule has 3 aromatic heterocycles. The molecule has 9 nitrogen and oxygen atoms in total. The molecule has 2 unspecified atom stereocenters. The van der Waals surface area contributed by atoms with Gasteiger partial charge in [-0.25, -0.2) is 8.78 Å². The highest BCUT2D eigenvalue weighted by atomic mass is 19.1. The number of halogens is 2. The van der Waals surface area contributed by atoms with E-state index in [-0.39, 0.29) is 34.3 Å². The van der Waals surface area contributed by atoms with Crippen molar-refractivity contribution in [2.45, 2.75) is 37.9 Å². The van der Waals surface area contributed by atoms with Crippen LogP contribution < -0.4 is 20.5 Å². The van der Waals surface area contributed by atoms with Crippen molar-refractivity contribution in [1.82, 2.24) is 30.2 Å². The minimum Gasteiger partial charge on any atom is -0.462 e. The molecule has 2 bridgehead atoms. The lowest BCUT2D eigenvalue weighted by Crippen LogP contribution is -2.55. The molecular formula is C28H29F2N7O2. The number of likely N-dealkylation sites (tertiary alicyclic amines) is 1. The number of nitrogens with one attached hydrogen (secondary N) is 2. The number of likely N-dealkylation sites (N-methyl/N-ethyl adjacent to an activating group) is 1. The molecule has 1 aromatic carbocycles. The number of rotatable bonds is 5. The zero-order chi connectivity index (χ0) is 26.8. The lowest BCUT2D eigenvalue weighted by atomic mass is 9.92. The predicted molar refractivity (Wildman–Crippen MR) is 144 cm³/mol. The van der Waals surface area contributed by atoms with Crippen LogP contribution in [0.5, 0.6) is 6.01 Å². The van der Waals surface area contributed by atoms with Crippen LogP contribution in [0.1, 0.15) is 19.8 Å². The summed E-state index contributed by atoms with van der Waals surface area (Å²) in [5, 5.41) is 4.50. The molecule has 11 heteroatoms. The number of aromatic nitrogens is 4. The highest BCUT2D eigenvalue weighted by Gasteiger charge is 2.35. The van der Waals surface area contributed by atoms with Crippen molar-refractivity contribution in [3.8, 4) is 17.4 Å². The summed E-state index contributed by atoms with van der Waals surface area (Å²) in [4.78, 5) is 32.9. The zero-order valence-electron chi connectivity index (χ0n) is 21.7. The Morgan fingerprint density at radius 2 is 1.92 bits per heavy atom. The summed E-state index contributed by atoms with van der Waals surface area (Å²) in [6.45, 7) is 5.01. The molecular weight excluding hydrogens is 504 g/mol. The van der Waals surface area contributed by atoms with E-state index in [0.29, 0.717) is 41.2 Å². The standard InChI is InChI=1S/C28H29F2N7O2/c1-14-10-36(2)20(14)13-39-28-34-24-18(27(35-28)37-11-16-6-7-17(12-37)32-16)9-31-26(23(24)30)25-22-15(8-21(38)33-25)4-3-5-19(22)29/h3-5,8-9,14,16-17,20,32H,6-7,10-13H2,1-2H3,(H,33,38)/t14-,16?,17?,20-/m1/s1. The predicted octanol–water partition coefficient (Wildman–Crippen LogP) is 3.08.